The molecule has 1 atom stereocenters. The van der Waals surface area contributed by atoms with E-state index in [0.717, 1.165) is 16.9 Å². The molecule has 0 spiro atoms. The number of amides is 1. The molecule has 9 heteroatoms. The number of nitrogens with one attached hydrogen (secondary N) is 3. The second-order valence-electron chi connectivity index (χ2n) is 6.82. The van der Waals surface area contributed by atoms with Gasteiger partial charge in [-0.3, -0.25) is 9.79 Å². The highest BCUT2D eigenvalue weighted by Crippen LogP contribution is 2.38. The first-order valence-electron chi connectivity index (χ1n) is 8.42. The Morgan fingerprint density at radius 2 is 2.19 bits per heavy atom. The van der Waals surface area contributed by atoms with Crippen LogP contribution in [0.25, 0.3) is 0 Å². The van der Waals surface area contributed by atoms with Gasteiger partial charge in [-0.15, -0.1) is 10.4 Å². The van der Waals surface area contributed by atoms with Crippen LogP contribution in [0.1, 0.15) is 19.4 Å². The number of anilines is 2. The maximum atomic E-state index is 12.1. The maximum Gasteiger partial charge on any atom is 0.301 e. The normalized spacial score (nSPS) is 24.7. The number of guanidine groups is 1. The van der Waals surface area contributed by atoms with Crippen molar-refractivity contribution in [1.29, 1.82) is 0 Å². The van der Waals surface area contributed by atoms with E-state index in [0.29, 0.717) is 24.9 Å². The molecule has 0 bridgehead atoms. The van der Waals surface area contributed by atoms with Gasteiger partial charge in [-0.1, -0.05) is 6.07 Å². The van der Waals surface area contributed by atoms with Gasteiger partial charge >= 0.3 is 5.84 Å². The van der Waals surface area contributed by atoms with Crippen LogP contribution >= 0.6 is 0 Å². The fraction of sp³-hybridized carbons (Fsp3) is 0.294. The second kappa shape index (κ2) is 5.84. The summed E-state index contributed by atoms with van der Waals surface area (Å²) in [5, 5.41) is 10.7. The van der Waals surface area contributed by atoms with Gasteiger partial charge in [-0.25, -0.2) is 0 Å². The zero-order valence-electron chi connectivity index (χ0n) is 14.7. The summed E-state index contributed by atoms with van der Waals surface area (Å²) in [6.07, 6.45) is 5.13. The Balaban J connectivity index is 1.60. The Bertz CT molecular complexity index is 898. The third kappa shape index (κ3) is 2.53. The minimum atomic E-state index is -0.526. The standard InChI is InChI=1S/C17H20N8O/c1-17(2)12-4-3-11(9-13(12)22-15(17)26)21-16-23-14-10-19-7-8-25(14,24-16)20-6-5-18/h3-4,7-10,20H,5-6,18H2,1-2H3,(H-,21,22,24,26)/p+1. The number of rotatable bonds is 4. The van der Waals surface area contributed by atoms with Gasteiger partial charge in [0, 0.05) is 17.9 Å². The zero-order chi connectivity index (χ0) is 18.4. The number of quaternary nitrogens is 1. The maximum absolute atomic E-state index is 12.1. The van der Waals surface area contributed by atoms with Crippen molar-refractivity contribution in [2.45, 2.75) is 19.3 Å². The van der Waals surface area contributed by atoms with Crippen LogP contribution in [0.5, 0.6) is 0 Å². The van der Waals surface area contributed by atoms with E-state index >= 15 is 0 Å². The molecule has 26 heavy (non-hydrogen) atoms. The van der Waals surface area contributed by atoms with Crippen LogP contribution in [0.2, 0.25) is 0 Å². The van der Waals surface area contributed by atoms with Gasteiger partial charge in [0.2, 0.25) is 5.91 Å². The van der Waals surface area contributed by atoms with Crippen molar-refractivity contribution in [2.24, 2.45) is 20.8 Å². The third-order valence-electron chi connectivity index (χ3n) is 4.64. The van der Waals surface area contributed by atoms with Crippen LogP contribution in [0.3, 0.4) is 0 Å². The van der Waals surface area contributed by atoms with E-state index in [2.05, 4.69) is 31.1 Å². The van der Waals surface area contributed by atoms with E-state index in [1.165, 1.54) is 0 Å². The molecule has 0 radical (unpaired) electrons. The van der Waals surface area contributed by atoms with E-state index in [9.17, 15) is 4.79 Å². The Morgan fingerprint density at radius 3 is 3.00 bits per heavy atom. The number of fused-ring (bicyclic) bond motifs is 2. The van der Waals surface area contributed by atoms with Crippen molar-refractivity contribution in [3.05, 3.63) is 36.2 Å². The fourth-order valence-electron chi connectivity index (χ4n) is 3.14. The number of carbonyl (C=O) groups is 1. The van der Waals surface area contributed by atoms with Crippen molar-refractivity contribution in [3.8, 4) is 0 Å². The molecule has 3 heterocycles. The molecule has 3 aliphatic heterocycles. The minimum Gasteiger partial charge on any atom is -0.329 e. The average Bonchev–Trinajstić information content (AvgIpc) is 3.08. The topological polar surface area (TPSA) is 116 Å². The van der Waals surface area contributed by atoms with Crippen LogP contribution in [-0.2, 0) is 10.2 Å². The lowest BCUT2D eigenvalue weighted by atomic mass is 9.86. The van der Waals surface area contributed by atoms with Gasteiger partial charge in [0.05, 0.1) is 18.2 Å². The quantitative estimate of drug-likeness (QED) is 0.600. The Morgan fingerprint density at radius 1 is 1.35 bits per heavy atom. The Labute approximate surface area is 150 Å². The van der Waals surface area contributed by atoms with Crippen molar-refractivity contribution in [3.63, 3.8) is 0 Å². The van der Waals surface area contributed by atoms with E-state index in [1.807, 2.05) is 32.0 Å². The molecule has 3 aliphatic rings. The minimum absolute atomic E-state index is 0.00271. The van der Waals surface area contributed by atoms with Crippen LogP contribution in [0.15, 0.2) is 45.7 Å². The summed E-state index contributed by atoms with van der Waals surface area (Å²) < 4.78 is 0.0255. The molecule has 0 fully saturated rings. The zero-order valence-corrected chi connectivity index (χ0v) is 14.7. The lowest BCUT2D eigenvalue weighted by Gasteiger charge is -2.23. The van der Waals surface area contributed by atoms with Crippen LogP contribution in [0, 0.1) is 0 Å². The monoisotopic (exact) mass is 353 g/mol. The molecule has 0 saturated heterocycles. The number of amidine groups is 1. The van der Waals surface area contributed by atoms with Crippen molar-refractivity contribution in [2.75, 3.05) is 23.7 Å². The van der Waals surface area contributed by atoms with Crippen LogP contribution in [0.4, 0.5) is 11.4 Å². The number of nitrogens with zero attached hydrogens (tertiary/aromatic N) is 4. The van der Waals surface area contributed by atoms with E-state index in [-0.39, 0.29) is 10.6 Å². The molecule has 134 valence electrons. The molecule has 9 nitrogen and oxygen atoms in total. The molecule has 1 amide bonds. The average molecular weight is 353 g/mol. The molecular formula is C17H21N8O+. The number of nitrogens with two attached hydrogens (primary N) is 1. The van der Waals surface area contributed by atoms with Gasteiger partial charge in [-0.2, -0.15) is 0 Å². The Hall–Kier alpha value is -2.88. The van der Waals surface area contributed by atoms with Gasteiger partial charge in [0.25, 0.3) is 5.96 Å². The highest BCUT2D eigenvalue weighted by atomic mass is 16.2. The summed E-state index contributed by atoms with van der Waals surface area (Å²) in [5.74, 6) is 1.10. The molecule has 0 aromatic heterocycles. The smallest absolute Gasteiger partial charge is 0.301 e. The lowest BCUT2D eigenvalue weighted by Crippen LogP contribution is -2.55. The first-order valence-corrected chi connectivity index (χ1v) is 8.42. The molecule has 5 N–H and O–H groups in total. The summed E-state index contributed by atoms with van der Waals surface area (Å²) in [4.78, 5) is 20.7. The van der Waals surface area contributed by atoms with Crippen molar-refractivity contribution >= 4 is 35.3 Å². The largest absolute Gasteiger partial charge is 0.329 e. The summed E-state index contributed by atoms with van der Waals surface area (Å²) in [5.41, 5.74) is 10.9. The summed E-state index contributed by atoms with van der Waals surface area (Å²) in [6.45, 7) is 4.88. The highest BCUT2D eigenvalue weighted by Gasteiger charge is 2.41. The number of hydrogen-bond acceptors (Lipinski definition) is 7. The first kappa shape index (κ1) is 16.6. The van der Waals surface area contributed by atoms with E-state index < -0.39 is 5.41 Å². The van der Waals surface area contributed by atoms with Crippen LogP contribution in [-0.4, -0.2) is 41.7 Å². The van der Waals surface area contributed by atoms with Gasteiger partial charge in [0.1, 0.15) is 6.21 Å². The fourth-order valence-corrected chi connectivity index (χ4v) is 3.14. The number of hydrogen-bond donors (Lipinski definition) is 4. The molecule has 1 aromatic carbocycles. The second-order valence-corrected chi connectivity index (χ2v) is 6.82. The molecule has 1 aromatic rings. The first-order chi connectivity index (χ1) is 12.4. The summed E-state index contributed by atoms with van der Waals surface area (Å²) in [7, 11) is 0. The number of carbonyl (C=O) groups excluding carboxylic acids is 1. The highest BCUT2D eigenvalue weighted by molar-refractivity contribution is 6.30. The van der Waals surface area contributed by atoms with Crippen molar-refractivity contribution in [1.82, 2.24) is 5.43 Å². The van der Waals surface area contributed by atoms with Gasteiger partial charge < -0.3 is 16.4 Å². The van der Waals surface area contributed by atoms with E-state index in [4.69, 9.17) is 5.73 Å². The number of benzene rings is 1. The van der Waals surface area contributed by atoms with Crippen molar-refractivity contribution < 1.29 is 9.50 Å². The molecule has 1 unspecified atom stereocenters. The van der Waals surface area contributed by atoms with Crippen LogP contribution < -0.4 is 21.8 Å². The summed E-state index contributed by atoms with van der Waals surface area (Å²) in [6, 6.07) is 5.76. The summed E-state index contributed by atoms with van der Waals surface area (Å²) >= 11 is 0. The molecule has 0 saturated carbocycles. The van der Waals surface area contributed by atoms with Gasteiger partial charge in [-0.05, 0) is 41.3 Å². The molecular weight excluding hydrogens is 332 g/mol. The lowest BCUT2D eigenvalue weighted by molar-refractivity contribution is -0.839. The van der Waals surface area contributed by atoms with Gasteiger partial charge in [0.15, 0.2) is 6.20 Å². The predicted molar refractivity (Wildman–Crippen MR) is 102 cm³/mol. The third-order valence-corrected chi connectivity index (χ3v) is 4.64. The molecule has 0 aliphatic carbocycles. The Kier molecular flexibility index (Phi) is 3.72. The van der Waals surface area contributed by atoms with E-state index in [1.54, 1.807) is 18.6 Å². The predicted octanol–water partition coefficient (Wildman–Crippen LogP) is 0.847. The SMILES string of the molecule is CC1(C)C(=O)Nc2cc(NC3=N[N+]4(NCCN)C=CN=CC4=N3)ccc21. The number of aliphatic imine (C=N–C) groups is 2. The molecule has 4 rings (SSSR count).